The molecule has 0 spiro atoms. The zero-order valence-corrected chi connectivity index (χ0v) is 15.5. The summed E-state index contributed by atoms with van der Waals surface area (Å²) < 4.78 is 0. The van der Waals surface area contributed by atoms with Crippen LogP contribution in [0.15, 0.2) is 17.5 Å². The number of carbonyl (C=O) groups is 1. The van der Waals surface area contributed by atoms with Crippen LogP contribution in [0.3, 0.4) is 0 Å². The molecule has 1 amide bonds. The summed E-state index contributed by atoms with van der Waals surface area (Å²) >= 11 is 3.44. The van der Waals surface area contributed by atoms with E-state index in [0.717, 1.165) is 23.5 Å². The second-order valence-corrected chi connectivity index (χ2v) is 9.23. The molecule has 2 saturated carbocycles. The molecule has 0 radical (unpaired) electrons. The van der Waals surface area contributed by atoms with E-state index in [1.807, 2.05) is 6.92 Å². The third-order valence-corrected chi connectivity index (χ3v) is 7.43. The molecule has 0 aliphatic heterocycles. The minimum Gasteiger partial charge on any atom is -0.355 e. The number of amides is 1. The number of thiazole rings is 1. The molecular weight excluding hydrogens is 338 g/mol. The van der Waals surface area contributed by atoms with Crippen molar-refractivity contribution in [1.82, 2.24) is 10.3 Å². The van der Waals surface area contributed by atoms with Gasteiger partial charge < -0.3 is 11.1 Å². The summed E-state index contributed by atoms with van der Waals surface area (Å²) in [6.45, 7) is 2.72. The Bertz CT molecular complexity index is 736. The monoisotopic (exact) mass is 361 g/mol. The van der Waals surface area contributed by atoms with Gasteiger partial charge in [0, 0.05) is 22.8 Å². The van der Waals surface area contributed by atoms with Crippen molar-refractivity contribution in [3.05, 3.63) is 27.4 Å². The van der Waals surface area contributed by atoms with E-state index in [9.17, 15) is 4.79 Å². The van der Waals surface area contributed by atoms with Gasteiger partial charge in [0.25, 0.3) is 0 Å². The summed E-state index contributed by atoms with van der Waals surface area (Å²) in [6.07, 6.45) is 4.41. The molecule has 0 aromatic carbocycles. The average molecular weight is 362 g/mol. The lowest BCUT2D eigenvalue weighted by atomic mass is 9.84. The third kappa shape index (κ3) is 3.03. The van der Waals surface area contributed by atoms with Crippen molar-refractivity contribution in [3.63, 3.8) is 0 Å². The summed E-state index contributed by atoms with van der Waals surface area (Å²) in [5.41, 5.74) is 7.31. The Balaban J connectivity index is 1.30. The van der Waals surface area contributed by atoms with Crippen LogP contribution in [-0.4, -0.2) is 23.5 Å². The average Bonchev–Trinajstić information content (AvgIpc) is 3.30. The van der Waals surface area contributed by atoms with E-state index in [1.165, 1.54) is 22.6 Å². The number of aryl methyl sites for hydroxylation is 1. The first-order valence-corrected chi connectivity index (χ1v) is 10.4. The fourth-order valence-electron chi connectivity index (χ4n) is 4.28. The van der Waals surface area contributed by atoms with E-state index in [4.69, 9.17) is 5.73 Å². The number of fused-ring (bicyclic) bond motifs is 2. The summed E-state index contributed by atoms with van der Waals surface area (Å²) in [5, 5.41) is 6.31. The van der Waals surface area contributed by atoms with Crippen LogP contribution in [-0.2, 0) is 11.2 Å². The first-order chi connectivity index (χ1) is 11.6. The first kappa shape index (κ1) is 16.2. The quantitative estimate of drug-likeness (QED) is 0.859. The van der Waals surface area contributed by atoms with Crippen molar-refractivity contribution in [2.45, 2.75) is 38.6 Å². The van der Waals surface area contributed by atoms with Gasteiger partial charge >= 0.3 is 0 Å². The van der Waals surface area contributed by atoms with Crippen LogP contribution in [0.2, 0.25) is 0 Å². The van der Waals surface area contributed by atoms with Crippen LogP contribution in [0.5, 0.6) is 0 Å². The van der Waals surface area contributed by atoms with Gasteiger partial charge in [-0.15, -0.1) is 22.7 Å². The van der Waals surface area contributed by atoms with E-state index >= 15 is 0 Å². The molecule has 2 aliphatic rings. The number of hydrogen-bond acceptors (Lipinski definition) is 5. The molecule has 128 valence electrons. The lowest BCUT2D eigenvalue weighted by Crippen LogP contribution is -2.45. The predicted molar refractivity (Wildman–Crippen MR) is 99.2 cm³/mol. The van der Waals surface area contributed by atoms with Crippen molar-refractivity contribution in [1.29, 1.82) is 0 Å². The Morgan fingerprint density at radius 3 is 2.92 bits per heavy atom. The highest BCUT2D eigenvalue weighted by molar-refractivity contribution is 7.16. The molecule has 6 heteroatoms. The normalized spacial score (nSPS) is 28.4. The van der Waals surface area contributed by atoms with Crippen molar-refractivity contribution < 1.29 is 4.79 Å². The van der Waals surface area contributed by atoms with E-state index in [-0.39, 0.29) is 17.9 Å². The van der Waals surface area contributed by atoms with Crippen molar-refractivity contribution >= 4 is 28.6 Å². The number of nitrogens with zero attached hydrogens (tertiary/aromatic N) is 1. The SMILES string of the molecule is Cc1nc(-c2ccc(CCNC(=O)C3C4CCC(C4)C3N)s2)cs1. The second-order valence-electron chi connectivity index (χ2n) is 7.00. The zero-order chi connectivity index (χ0) is 16.7. The van der Waals surface area contributed by atoms with Gasteiger partial charge in [-0.1, -0.05) is 0 Å². The van der Waals surface area contributed by atoms with Crippen molar-refractivity contribution in [3.8, 4) is 10.6 Å². The largest absolute Gasteiger partial charge is 0.355 e. The topological polar surface area (TPSA) is 68.0 Å². The highest BCUT2D eigenvalue weighted by Crippen LogP contribution is 2.47. The van der Waals surface area contributed by atoms with Crippen molar-refractivity contribution in [2.75, 3.05) is 6.54 Å². The maximum Gasteiger partial charge on any atom is 0.224 e. The number of hydrogen-bond donors (Lipinski definition) is 2. The molecule has 4 atom stereocenters. The first-order valence-electron chi connectivity index (χ1n) is 8.66. The van der Waals surface area contributed by atoms with Gasteiger partial charge in [-0.3, -0.25) is 4.79 Å². The summed E-state index contributed by atoms with van der Waals surface area (Å²) in [4.78, 5) is 19.5. The molecular formula is C18H23N3OS2. The van der Waals surface area contributed by atoms with Crippen LogP contribution >= 0.6 is 22.7 Å². The van der Waals surface area contributed by atoms with Crippen molar-refractivity contribution in [2.24, 2.45) is 23.5 Å². The fraction of sp³-hybridized carbons (Fsp3) is 0.556. The Kier molecular flexibility index (Phi) is 4.45. The van der Waals surface area contributed by atoms with Gasteiger partial charge in [-0.05, 0) is 56.6 Å². The van der Waals surface area contributed by atoms with Gasteiger partial charge in [0.15, 0.2) is 0 Å². The van der Waals surface area contributed by atoms with Gasteiger partial charge in [0.05, 0.1) is 21.5 Å². The molecule has 2 aromatic rings. The van der Waals surface area contributed by atoms with Crippen LogP contribution in [0.4, 0.5) is 0 Å². The molecule has 0 saturated heterocycles. The third-order valence-electron chi connectivity index (χ3n) is 5.49. The highest BCUT2D eigenvalue weighted by atomic mass is 32.1. The summed E-state index contributed by atoms with van der Waals surface area (Å²) in [7, 11) is 0. The zero-order valence-electron chi connectivity index (χ0n) is 13.8. The van der Waals surface area contributed by atoms with Gasteiger partial charge in [-0.2, -0.15) is 0 Å². The molecule has 4 rings (SSSR count). The number of carbonyl (C=O) groups excluding carboxylic acids is 1. The maximum atomic E-state index is 12.5. The number of rotatable bonds is 5. The smallest absolute Gasteiger partial charge is 0.224 e. The number of nitrogens with one attached hydrogen (secondary N) is 1. The Morgan fingerprint density at radius 2 is 2.21 bits per heavy atom. The fourth-order valence-corrected chi connectivity index (χ4v) is 5.93. The standard InChI is InChI=1S/C18H23N3OS2/c1-10-21-14(9-23-10)15-5-4-13(24-15)6-7-20-18(22)16-11-2-3-12(8-11)17(16)19/h4-5,9,11-12,16-17H,2-3,6-8,19H2,1H3,(H,20,22). The summed E-state index contributed by atoms with van der Waals surface area (Å²) in [5.74, 6) is 1.31. The molecule has 2 aliphatic carbocycles. The summed E-state index contributed by atoms with van der Waals surface area (Å²) in [6, 6.07) is 4.34. The second kappa shape index (κ2) is 6.58. The lowest BCUT2D eigenvalue weighted by molar-refractivity contribution is -0.127. The van der Waals surface area contributed by atoms with E-state index in [1.54, 1.807) is 22.7 Å². The molecule has 4 nitrogen and oxygen atoms in total. The maximum absolute atomic E-state index is 12.5. The minimum absolute atomic E-state index is 0.0422. The van der Waals surface area contributed by atoms with Gasteiger partial charge in [0.1, 0.15) is 0 Å². The van der Waals surface area contributed by atoms with E-state index < -0.39 is 0 Å². The van der Waals surface area contributed by atoms with E-state index in [2.05, 4.69) is 27.8 Å². The Hall–Kier alpha value is -1.24. The lowest BCUT2D eigenvalue weighted by Gasteiger charge is -2.26. The van der Waals surface area contributed by atoms with Crippen LogP contribution in [0.25, 0.3) is 10.6 Å². The molecule has 2 bridgehead atoms. The van der Waals surface area contributed by atoms with E-state index in [0.29, 0.717) is 18.4 Å². The van der Waals surface area contributed by atoms with Gasteiger partial charge in [-0.25, -0.2) is 4.98 Å². The molecule has 2 fully saturated rings. The highest BCUT2D eigenvalue weighted by Gasteiger charge is 2.48. The molecule has 3 N–H and O–H groups in total. The number of nitrogens with two attached hydrogens (primary N) is 1. The molecule has 2 heterocycles. The minimum atomic E-state index is 0.0422. The molecule has 2 aromatic heterocycles. The number of aromatic nitrogens is 1. The molecule has 24 heavy (non-hydrogen) atoms. The van der Waals surface area contributed by atoms with Crippen LogP contribution in [0.1, 0.15) is 29.1 Å². The van der Waals surface area contributed by atoms with Crippen LogP contribution < -0.4 is 11.1 Å². The Morgan fingerprint density at radius 1 is 1.38 bits per heavy atom. The van der Waals surface area contributed by atoms with Gasteiger partial charge in [0.2, 0.25) is 5.91 Å². The molecule has 4 unspecified atom stereocenters. The predicted octanol–water partition coefficient (Wildman–Crippen LogP) is 3.21. The Labute approximate surface area is 150 Å². The van der Waals surface area contributed by atoms with Crippen LogP contribution in [0, 0.1) is 24.7 Å². The number of thiophene rings is 1.